The van der Waals surface area contributed by atoms with Crippen LogP contribution in [0.1, 0.15) is 25.7 Å². The highest BCUT2D eigenvalue weighted by Gasteiger charge is 2.42. The summed E-state index contributed by atoms with van der Waals surface area (Å²) in [5, 5.41) is 0. The van der Waals surface area contributed by atoms with Crippen molar-refractivity contribution in [3.63, 3.8) is 0 Å². The van der Waals surface area contributed by atoms with Crippen LogP contribution in [0.2, 0.25) is 0 Å². The third kappa shape index (κ3) is 2.67. The average molecular weight is 255 g/mol. The number of carbonyl (C=O) groups is 1. The second-order valence-electron chi connectivity index (χ2n) is 4.75. The van der Waals surface area contributed by atoms with Gasteiger partial charge in [-0.1, -0.05) is 6.08 Å². The number of ether oxygens (including phenoxy) is 3. The number of rotatable bonds is 3. The number of nitrogens with zero attached hydrogens (tertiary/aromatic N) is 1. The molecule has 1 amide bonds. The van der Waals surface area contributed by atoms with Gasteiger partial charge in [0.25, 0.3) is 0 Å². The van der Waals surface area contributed by atoms with Gasteiger partial charge in [0, 0.05) is 25.4 Å². The van der Waals surface area contributed by atoms with Crippen LogP contribution >= 0.6 is 0 Å². The lowest BCUT2D eigenvalue weighted by atomic mass is 9.89. The van der Waals surface area contributed by atoms with E-state index in [1.165, 1.54) is 7.11 Å². The molecule has 0 bridgehead atoms. The van der Waals surface area contributed by atoms with Crippen LogP contribution in [0.3, 0.4) is 0 Å². The fourth-order valence-electron chi connectivity index (χ4n) is 2.77. The predicted octanol–water partition coefficient (Wildman–Crippen LogP) is 1.93. The van der Waals surface area contributed by atoms with Gasteiger partial charge in [-0.25, -0.2) is 4.79 Å². The van der Waals surface area contributed by atoms with Gasteiger partial charge in [-0.05, 0) is 12.8 Å². The van der Waals surface area contributed by atoms with Crippen molar-refractivity contribution in [3.05, 3.63) is 12.7 Å². The molecule has 2 fully saturated rings. The minimum Gasteiger partial charge on any atom is -0.453 e. The first-order valence-electron chi connectivity index (χ1n) is 6.44. The van der Waals surface area contributed by atoms with Crippen molar-refractivity contribution in [1.82, 2.24) is 4.90 Å². The summed E-state index contributed by atoms with van der Waals surface area (Å²) in [5.41, 5.74) is 0. The Bertz CT molecular complexity index is 302. The first-order valence-corrected chi connectivity index (χ1v) is 6.44. The Hall–Kier alpha value is -1.07. The minimum atomic E-state index is -0.382. The first kappa shape index (κ1) is 13.4. The topological polar surface area (TPSA) is 48.0 Å². The van der Waals surface area contributed by atoms with Crippen LogP contribution in [0.25, 0.3) is 0 Å². The van der Waals surface area contributed by atoms with Crippen molar-refractivity contribution in [2.75, 3.05) is 26.9 Å². The Morgan fingerprint density at radius 3 is 2.56 bits per heavy atom. The molecule has 0 aromatic carbocycles. The van der Waals surface area contributed by atoms with Gasteiger partial charge in [0.05, 0.1) is 20.3 Å². The molecule has 0 N–H and O–H groups in total. The minimum absolute atomic E-state index is 0.189. The van der Waals surface area contributed by atoms with Gasteiger partial charge in [-0.15, -0.1) is 6.58 Å². The molecule has 1 aliphatic heterocycles. The number of hydrogen-bond donors (Lipinski definition) is 0. The lowest BCUT2D eigenvalue weighted by molar-refractivity contribution is -0.182. The molecule has 1 heterocycles. The maximum Gasteiger partial charge on any atom is 0.410 e. The van der Waals surface area contributed by atoms with Crippen molar-refractivity contribution in [2.24, 2.45) is 0 Å². The van der Waals surface area contributed by atoms with Crippen molar-refractivity contribution in [3.8, 4) is 0 Å². The second-order valence-corrected chi connectivity index (χ2v) is 4.75. The molecule has 2 aliphatic rings. The van der Waals surface area contributed by atoms with E-state index in [-0.39, 0.29) is 17.9 Å². The number of hydrogen-bond acceptors (Lipinski definition) is 4. The zero-order valence-corrected chi connectivity index (χ0v) is 10.9. The summed E-state index contributed by atoms with van der Waals surface area (Å²) in [6, 6.07) is 0.189. The Labute approximate surface area is 108 Å². The molecular formula is C13H21NO4. The lowest BCUT2D eigenvalue weighted by Gasteiger charge is -2.39. The molecule has 1 aliphatic carbocycles. The smallest absolute Gasteiger partial charge is 0.410 e. The van der Waals surface area contributed by atoms with Crippen LogP contribution in [0, 0.1) is 0 Å². The van der Waals surface area contributed by atoms with E-state index in [1.54, 1.807) is 11.0 Å². The van der Waals surface area contributed by atoms with Gasteiger partial charge >= 0.3 is 6.09 Å². The third-order valence-electron chi connectivity index (χ3n) is 3.71. The van der Waals surface area contributed by atoms with Gasteiger partial charge in [-0.2, -0.15) is 0 Å². The molecule has 0 aromatic heterocycles. The zero-order chi connectivity index (χ0) is 13.0. The molecular weight excluding hydrogens is 234 g/mol. The molecule has 1 saturated heterocycles. The summed E-state index contributed by atoms with van der Waals surface area (Å²) < 4.78 is 16.2. The SMILES string of the molecule is C=CCN(C(=O)OC)C1CCC2(CC1)OCCO2. The van der Waals surface area contributed by atoms with Crippen LogP contribution in [0.4, 0.5) is 4.79 Å². The maximum atomic E-state index is 11.7. The van der Waals surface area contributed by atoms with Crippen molar-refractivity contribution >= 4 is 6.09 Å². The molecule has 0 unspecified atom stereocenters. The number of carbonyl (C=O) groups excluding carboxylic acids is 1. The van der Waals surface area contributed by atoms with E-state index in [9.17, 15) is 4.79 Å². The van der Waals surface area contributed by atoms with Crippen molar-refractivity contribution in [2.45, 2.75) is 37.5 Å². The quantitative estimate of drug-likeness (QED) is 0.723. The van der Waals surface area contributed by atoms with E-state index < -0.39 is 0 Å². The molecule has 0 radical (unpaired) electrons. The van der Waals surface area contributed by atoms with Gasteiger partial charge in [0.2, 0.25) is 0 Å². The van der Waals surface area contributed by atoms with E-state index >= 15 is 0 Å². The average Bonchev–Trinajstić information content (AvgIpc) is 2.85. The van der Waals surface area contributed by atoms with E-state index in [4.69, 9.17) is 14.2 Å². The normalized spacial score (nSPS) is 22.9. The molecule has 5 heteroatoms. The fourth-order valence-corrected chi connectivity index (χ4v) is 2.77. The van der Waals surface area contributed by atoms with Crippen LogP contribution in [0.5, 0.6) is 0 Å². The van der Waals surface area contributed by atoms with Crippen LogP contribution in [-0.2, 0) is 14.2 Å². The highest BCUT2D eigenvalue weighted by molar-refractivity contribution is 5.68. The largest absolute Gasteiger partial charge is 0.453 e. The summed E-state index contributed by atoms with van der Waals surface area (Å²) >= 11 is 0. The van der Waals surface area contributed by atoms with E-state index in [0.717, 1.165) is 25.7 Å². The molecule has 1 saturated carbocycles. The second kappa shape index (κ2) is 5.71. The summed E-state index contributed by atoms with van der Waals surface area (Å²) in [6.45, 7) is 5.56. The highest BCUT2D eigenvalue weighted by Crippen LogP contribution is 2.37. The monoisotopic (exact) mass is 255 g/mol. The molecule has 0 aromatic rings. The number of methoxy groups -OCH3 is 1. The number of amides is 1. The Balaban J connectivity index is 1.93. The fraction of sp³-hybridized carbons (Fsp3) is 0.769. The molecule has 0 atom stereocenters. The van der Waals surface area contributed by atoms with Crippen molar-refractivity contribution < 1.29 is 19.0 Å². The van der Waals surface area contributed by atoms with E-state index in [0.29, 0.717) is 19.8 Å². The van der Waals surface area contributed by atoms with E-state index in [2.05, 4.69) is 6.58 Å². The van der Waals surface area contributed by atoms with E-state index in [1.807, 2.05) is 0 Å². The predicted molar refractivity (Wildman–Crippen MR) is 66.2 cm³/mol. The van der Waals surface area contributed by atoms with Crippen molar-refractivity contribution in [1.29, 1.82) is 0 Å². The molecule has 18 heavy (non-hydrogen) atoms. The Kier molecular flexibility index (Phi) is 4.24. The third-order valence-corrected chi connectivity index (χ3v) is 3.71. The maximum absolute atomic E-state index is 11.7. The van der Waals surface area contributed by atoms with Gasteiger partial charge < -0.3 is 19.1 Å². The highest BCUT2D eigenvalue weighted by atomic mass is 16.7. The summed E-state index contributed by atoms with van der Waals surface area (Å²) in [7, 11) is 1.41. The molecule has 2 rings (SSSR count). The van der Waals surface area contributed by atoms with Gasteiger partial charge in [-0.3, -0.25) is 0 Å². The van der Waals surface area contributed by atoms with Gasteiger partial charge in [0.15, 0.2) is 5.79 Å². The molecule has 102 valence electrons. The first-order chi connectivity index (χ1) is 8.71. The zero-order valence-electron chi connectivity index (χ0n) is 10.9. The molecule has 5 nitrogen and oxygen atoms in total. The van der Waals surface area contributed by atoms with Crippen LogP contribution in [0.15, 0.2) is 12.7 Å². The Morgan fingerprint density at radius 2 is 2.06 bits per heavy atom. The lowest BCUT2D eigenvalue weighted by Crippen LogP contribution is -2.46. The van der Waals surface area contributed by atoms with Crippen LogP contribution in [-0.4, -0.2) is 49.7 Å². The standard InChI is InChI=1S/C13H21NO4/c1-3-8-14(12(15)16-2)11-4-6-13(7-5-11)17-9-10-18-13/h3,11H,1,4-10H2,2H3. The van der Waals surface area contributed by atoms with Gasteiger partial charge in [0.1, 0.15) is 0 Å². The molecule has 1 spiro atoms. The van der Waals surface area contributed by atoms with Crippen LogP contribution < -0.4 is 0 Å². The summed E-state index contributed by atoms with van der Waals surface area (Å²) in [4.78, 5) is 13.4. The Morgan fingerprint density at radius 1 is 1.44 bits per heavy atom. The summed E-state index contributed by atoms with van der Waals surface area (Å²) in [5.74, 6) is -0.382. The summed E-state index contributed by atoms with van der Waals surface area (Å²) in [6.07, 6.45) is 4.87.